The van der Waals surface area contributed by atoms with Crippen LogP contribution in [0.5, 0.6) is 11.5 Å². The van der Waals surface area contributed by atoms with E-state index in [1.54, 1.807) is 38.5 Å². The largest absolute Gasteiger partial charge is 0.493 e. The van der Waals surface area contributed by atoms with Crippen LogP contribution in [0.15, 0.2) is 30.3 Å². The molecule has 0 fully saturated rings. The summed E-state index contributed by atoms with van der Waals surface area (Å²) in [6, 6.07) is 6.95. The minimum absolute atomic E-state index is 0.196. The molecular formula is C15H12Cl2O3S. The van der Waals surface area contributed by atoms with Crippen LogP contribution < -0.4 is 9.47 Å². The van der Waals surface area contributed by atoms with Crippen molar-refractivity contribution in [1.82, 2.24) is 0 Å². The molecular weight excluding hydrogens is 331 g/mol. The van der Waals surface area contributed by atoms with E-state index in [1.165, 1.54) is 17.4 Å². The van der Waals surface area contributed by atoms with Crippen LogP contribution in [0.1, 0.15) is 15.9 Å². The smallest absolute Gasteiger partial charge is 0.188 e. The SMILES string of the molecule is COc1ccc(/C=C/C(=O)c2cc(Cl)sc2Cl)cc1OC. The number of carbonyl (C=O) groups excluding carboxylic acids is 1. The number of thiophene rings is 1. The second-order valence-corrected chi connectivity index (χ2v) is 6.34. The molecule has 21 heavy (non-hydrogen) atoms. The van der Waals surface area contributed by atoms with Gasteiger partial charge in [-0.25, -0.2) is 0 Å². The monoisotopic (exact) mass is 342 g/mol. The maximum absolute atomic E-state index is 12.1. The lowest BCUT2D eigenvalue weighted by atomic mass is 10.1. The molecule has 1 aromatic carbocycles. The number of carbonyl (C=O) groups is 1. The van der Waals surface area contributed by atoms with Crippen LogP contribution in [0.25, 0.3) is 6.08 Å². The van der Waals surface area contributed by atoms with E-state index in [-0.39, 0.29) is 5.78 Å². The summed E-state index contributed by atoms with van der Waals surface area (Å²) >= 11 is 12.9. The number of hydrogen-bond acceptors (Lipinski definition) is 4. The molecule has 0 aliphatic carbocycles. The van der Waals surface area contributed by atoms with Gasteiger partial charge in [-0.05, 0) is 29.8 Å². The van der Waals surface area contributed by atoms with Crippen molar-refractivity contribution in [2.75, 3.05) is 14.2 Å². The van der Waals surface area contributed by atoms with E-state index in [4.69, 9.17) is 32.7 Å². The zero-order valence-electron chi connectivity index (χ0n) is 11.4. The Morgan fingerprint density at radius 3 is 2.43 bits per heavy atom. The molecule has 0 amide bonds. The van der Waals surface area contributed by atoms with Crippen molar-refractivity contribution in [3.05, 3.63) is 50.1 Å². The molecule has 1 aromatic heterocycles. The number of methoxy groups -OCH3 is 2. The highest BCUT2D eigenvalue weighted by molar-refractivity contribution is 7.20. The first-order chi connectivity index (χ1) is 10.0. The molecule has 0 N–H and O–H groups in total. The summed E-state index contributed by atoms with van der Waals surface area (Å²) in [4.78, 5) is 12.1. The van der Waals surface area contributed by atoms with Crippen LogP contribution in [0, 0.1) is 0 Å². The number of ether oxygens (including phenoxy) is 2. The van der Waals surface area contributed by atoms with Gasteiger partial charge in [-0.1, -0.05) is 35.3 Å². The minimum atomic E-state index is -0.196. The van der Waals surface area contributed by atoms with Gasteiger partial charge in [0, 0.05) is 0 Å². The molecule has 0 aliphatic rings. The zero-order chi connectivity index (χ0) is 15.4. The normalized spacial score (nSPS) is 10.9. The van der Waals surface area contributed by atoms with Crippen LogP contribution in [-0.4, -0.2) is 20.0 Å². The van der Waals surface area contributed by atoms with Gasteiger partial charge in [0.15, 0.2) is 17.3 Å². The highest BCUT2D eigenvalue weighted by atomic mass is 35.5. The lowest BCUT2D eigenvalue weighted by Crippen LogP contribution is -1.93. The molecule has 0 saturated heterocycles. The van der Waals surface area contributed by atoms with Gasteiger partial charge in [-0.15, -0.1) is 11.3 Å². The fraction of sp³-hybridized carbons (Fsp3) is 0.133. The van der Waals surface area contributed by atoms with Crippen molar-refractivity contribution < 1.29 is 14.3 Å². The summed E-state index contributed by atoms with van der Waals surface area (Å²) < 4.78 is 11.2. The lowest BCUT2D eigenvalue weighted by molar-refractivity contribution is 0.104. The van der Waals surface area contributed by atoms with Crippen molar-refractivity contribution in [2.24, 2.45) is 0 Å². The van der Waals surface area contributed by atoms with E-state index < -0.39 is 0 Å². The summed E-state index contributed by atoms with van der Waals surface area (Å²) in [5.74, 6) is 1.04. The quantitative estimate of drug-likeness (QED) is 0.568. The average Bonchev–Trinajstić information content (AvgIpc) is 2.83. The molecule has 2 aromatic rings. The zero-order valence-corrected chi connectivity index (χ0v) is 13.7. The van der Waals surface area contributed by atoms with Crippen molar-refractivity contribution in [3.8, 4) is 11.5 Å². The summed E-state index contributed by atoms with van der Waals surface area (Å²) in [7, 11) is 3.13. The molecule has 0 radical (unpaired) electrons. The second kappa shape index (κ2) is 6.98. The number of benzene rings is 1. The molecule has 0 spiro atoms. The fourth-order valence-electron chi connectivity index (χ4n) is 1.73. The van der Waals surface area contributed by atoms with Crippen LogP contribution in [0.2, 0.25) is 8.67 Å². The molecule has 3 nitrogen and oxygen atoms in total. The van der Waals surface area contributed by atoms with E-state index in [2.05, 4.69) is 0 Å². The van der Waals surface area contributed by atoms with Gasteiger partial charge in [-0.3, -0.25) is 4.79 Å². The molecule has 0 aliphatic heterocycles. The van der Waals surface area contributed by atoms with Crippen LogP contribution in [0.4, 0.5) is 0 Å². The fourth-order valence-corrected chi connectivity index (χ4v) is 3.20. The summed E-state index contributed by atoms with van der Waals surface area (Å²) in [6.45, 7) is 0. The molecule has 0 unspecified atom stereocenters. The third-order valence-corrected chi connectivity index (χ3v) is 4.24. The number of ketones is 1. The van der Waals surface area contributed by atoms with Crippen molar-refractivity contribution in [3.63, 3.8) is 0 Å². The van der Waals surface area contributed by atoms with Gasteiger partial charge in [0.05, 0.1) is 24.1 Å². The Kier molecular flexibility index (Phi) is 5.28. The van der Waals surface area contributed by atoms with Gasteiger partial charge >= 0.3 is 0 Å². The minimum Gasteiger partial charge on any atom is -0.493 e. The van der Waals surface area contributed by atoms with E-state index in [1.807, 2.05) is 6.07 Å². The second-order valence-electron chi connectivity index (χ2n) is 4.05. The van der Waals surface area contributed by atoms with Gasteiger partial charge in [0.25, 0.3) is 0 Å². The molecule has 110 valence electrons. The highest BCUT2D eigenvalue weighted by Crippen LogP contribution is 2.32. The molecule has 1 heterocycles. The maximum Gasteiger partial charge on any atom is 0.188 e. The average molecular weight is 343 g/mol. The summed E-state index contributed by atoms with van der Waals surface area (Å²) in [5, 5.41) is 0. The molecule has 6 heteroatoms. The number of halogens is 2. The van der Waals surface area contributed by atoms with Gasteiger partial charge in [-0.2, -0.15) is 0 Å². The van der Waals surface area contributed by atoms with Gasteiger partial charge < -0.3 is 9.47 Å². The van der Waals surface area contributed by atoms with E-state index in [0.717, 1.165) is 5.56 Å². The standard InChI is InChI=1S/C15H12Cl2O3S/c1-19-12-6-4-9(7-13(12)20-2)3-5-11(18)10-8-14(16)21-15(10)17/h3-8H,1-2H3/b5-3+. The Labute approximate surface area is 136 Å². The Morgan fingerprint density at radius 2 is 1.86 bits per heavy atom. The summed E-state index contributed by atoms with van der Waals surface area (Å²) in [5.41, 5.74) is 1.22. The molecule has 0 atom stereocenters. The van der Waals surface area contributed by atoms with Crippen molar-refractivity contribution in [2.45, 2.75) is 0 Å². The lowest BCUT2D eigenvalue weighted by Gasteiger charge is -2.07. The molecule has 0 saturated carbocycles. The van der Waals surface area contributed by atoms with E-state index in [9.17, 15) is 4.79 Å². The predicted molar refractivity (Wildman–Crippen MR) is 87.2 cm³/mol. The Balaban J connectivity index is 2.21. The van der Waals surface area contributed by atoms with Crippen LogP contribution >= 0.6 is 34.5 Å². The Hall–Kier alpha value is -1.49. The number of rotatable bonds is 5. The third-order valence-electron chi connectivity index (χ3n) is 2.76. The van der Waals surface area contributed by atoms with Crippen molar-refractivity contribution >= 4 is 46.4 Å². The predicted octanol–water partition coefficient (Wildman–Crippen LogP) is 4.97. The molecule has 2 rings (SSSR count). The first-order valence-corrected chi connectivity index (χ1v) is 7.51. The van der Waals surface area contributed by atoms with Crippen molar-refractivity contribution in [1.29, 1.82) is 0 Å². The van der Waals surface area contributed by atoms with Crippen LogP contribution in [-0.2, 0) is 0 Å². The van der Waals surface area contributed by atoms with Gasteiger partial charge in [0.2, 0.25) is 0 Å². The number of hydrogen-bond donors (Lipinski definition) is 0. The third kappa shape index (κ3) is 3.79. The summed E-state index contributed by atoms with van der Waals surface area (Å²) in [6.07, 6.45) is 3.14. The maximum atomic E-state index is 12.1. The van der Waals surface area contributed by atoms with Crippen LogP contribution in [0.3, 0.4) is 0 Å². The van der Waals surface area contributed by atoms with Gasteiger partial charge in [0.1, 0.15) is 4.34 Å². The Bertz CT molecular complexity index is 692. The first-order valence-electron chi connectivity index (χ1n) is 5.94. The van der Waals surface area contributed by atoms with E-state index in [0.29, 0.717) is 25.7 Å². The Morgan fingerprint density at radius 1 is 1.14 bits per heavy atom. The number of allylic oxidation sites excluding steroid dienone is 1. The first kappa shape index (κ1) is 15.9. The molecule has 0 bridgehead atoms. The topological polar surface area (TPSA) is 35.5 Å². The highest BCUT2D eigenvalue weighted by Gasteiger charge is 2.11. The van der Waals surface area contributed by atoms with E-state index >= 15 is 0 Å².